The standard InChI is InChI=1S/C10H8F3NS/c1-7(6-14)8-3-2-4-9(5-8)15-10(11,12)13/h2-5,7H,1H3. The topological polar surface area (TPSA) is 23.8 Å². The molecule has 0 aliphatic rings. The van der Waals surface area contributed by atoms with E-state index in [1.165, 1.54) is 18.2 Å². The lowest BCUT2D eigenvalue weighted by molar-refractivity contribution is -0.0328. The lowest BCUT2D eigenvalue weighted by atomic mass is 10.0. The molecule has 15 heavy (non-hydrogen) atoms. The van der Waals surface area contributed by atoms with E-state index in [4.69, 9.17) is 5.26 Å². The summed E-state index contributed by atoms with van der Waals surface area (Å²) in [5.41, 5.74) is -3.68. The van der Waals surface area contributed by atoms with Gasteiger partial charge in [-0.05, 0) is 36.4 Å². The maximum Gasteiger partial charge on any atom is 0.446 e. The van der Waals surface area contributed by atoms with Gasteiger partial charge in [0.1, 0.15) is 0 Å². The van der Waals surface area contributed by atoms with Crippen molar-refractivity contribution in [1.82, 2.24) is 0 Å². The molecule has 0 aromatic heterocycles. The van der Waals surface area contributed by atoms with Gasteiger partial charge in [-0.15, -0.1) is 0 Å². The maximum absolute atomic E-state index is 12.1. The van der Waals surface area contributed by atoms with E-state index in [0.29, 0.717) is 5.56 Å². The minimum absolute atomic E-state index is 0.113. The van der Waals surface area contributed by atoms with Crippen LogP contribution in [-0.2, 0) is 0 Å². The van der Waals surface area contributed by atoms with Crippen molar-refractivity contribution in [3.8, 4) is 6.07 Å². The Morgan fingerprint density at radius 1 is 1.40 bits per heavy atom. The summed E-state index contributed by atoms with van der Waals surface area (Å²) in [5.74, 6) is -0.390. The first-order chi connectivity index (χ1) is 6.92. The number of hydrogen-bond donors (Lipinski definition) is 0. The summed E-state index contributed by atoms with van der Waals surface area (Å²) in [6.45, 7) is 1.65. The highest BCUT2D eigenvalue weighted by Crippen LogP contribution is 2.37. The fraction of sp³-hybridized carbons (Fsp3) is 0.300. The second-order valence-electron chi connectivity index (χ2n) is 2.97. The summed E-state index contributed by atoms with van der Waals surface area (Å²) in [4.78, 5) is 0.113. The van der Waals surface area contributed by atoms with Gasteiger partial charge >= 0.3 is 5.51 Å². The fourth-order valence-electron chi connectivity index (χ4n) is 1.06. The van der Waals surface area contributed by atoms with Gasteiger partial charge in [0.25, 0.3) is 0 Å². The van der Waals surface area contributed by atoms with Gasteiger partial charge in [0.05, 0.1) is 12.0 Å². The summed E-state index contributed by atoms with van der Waals surface area (Å²) in [5, 5.41) is 8.63. The van der Waals surface area contributed by atoms with Crippen LogP contribution in [0.4, 0.5) is 13.2 Å². The third kappa shape index (κ3) is 3.84. The van der Waals surface area contributed by atoms with Crippen molar-refractivity contribution >= 4 is 11.8 Å². The van der Waals surface area contributed by atoms with E-state index >= 15 is 0 Å². The minimum atomic E-state index is -4.28. The summed E-state index contributed by atoms with van der Waals surface area (Å²) in [6.07, 6.45) is 0. The first kappa shape index (κ1) is 11.9. The molecule has 1 atom stereocenters. The largest absolute Gasteiger partial charge is 0.446 e. The highest BCUT2D eigenvalue weighted by molar-refractivity contribution is 8.00. The van der Waals surface area contributed by atoms with Gasteiger partial charge in [0.15, 0.2) is 0 Å². The molecule has 0 aliphatic carbocycles. The molecule has 0 bridgehead atoms. The first-order valence-corrected chi connectivity index (χ1v) is 4.99. The molecule has 0 fully saturated rings. The van der Waals surface area contributed by atoms with E-state index in [1.54, 1.807) is 13.0 Å². The lowest BCUT2D eigenvalue weighted by Gasteiger charge is -2.08. The van der Waals surface area contributed by atoms with Crippen molar-refractivity contribution in [3.05, 3.63) is 29.8 Å². The Labute approximate surface area is 89.9 Å². The average Bonchev–Trinajstić information content (AvgIpc) is 2.14. The Bertz CT molecular complexity index is 381. The molecule has 0 heterocycles. The van der Waals surface area contributed by atoms with Gasteiger partial charge in [-0.3, -0.25) is 0 Å². The van der Waals surface area contributed by atoms with Crippen molar-refractivity contribution in [3.63, 3.8) is 0 Å². The van der Waals surface area contributed by atoms with Crippen LogP contribution >= 0.6 is 11.8 Å². The molecule has 0 amide bonds. The zero-order chi connectivity index (χ0) is 11.5. The van der Waals surface area contributed by atoms with E-state index in [1.807, 2.05) is 6.07 Å². The van der Waals surface area contributed by atoms with Gasteiger partial charge in [-0.25, -0.2) is 0 Å². The molecule has 80 valence electrons. The molecule has 0 aliphatic heterocycles. The second kappa shape index (κ2) is 4.58. The predicted octanol–water partition coefficient (Wildman–Crippen LogP) is 3.93. The van der Waals surface area contributed by atoms with Gasteiger partial charge in [-0.2, -0.15) is 18.4 Å². The Morgan fingerprint density at radius 2 is 2.07 bits per heavy atom. The number of halogens is 3. The van der Waals surface area contributed by atoms with Gasteiger partial charge in [-0.1, -0.05) is 12.1 Å². The van der Waals surface area contributed by atoms with Gasteiger partial charge in [0.2, 0.25) is 0 Å². The number of benzene rings is 1. The van der Waals surface area contributed by atoms with E-state index in [9.17, 15) is 13.2 Å². The van der Waals surface area contributed by atoms with E-state index in [-0.39, 0.29) is 16.7 Å². The summed E-state index contributed by atoms with van der Waals surface area (Å²) >= 11 is -0.167. The second-order valence-corrected chi connectivity index (χ2v) is 4.11. The van der Waals surface area contributed by atoms with Crippen molar-refractivity contribution < 1.29 is 13.2 Å². The van der Waals surface area contributed by atoms with Gasteiger partial charge < -0.3 is 0 Å². The molecule has 5 heteroatoms. The van der Waals surface area contributed by atoms with Crippen molar-refractivity contribution in [2.45, 2.75) is 23.2 Å². The minimum Gasteiger partial charge on any atom is -0.198 e. The van der Waals surface area contributed by atoms with Crippen molar-refractivity contribution in [1.29, 1.82) is 5.26 Å². The van der Waals surface area contributed by atoms with Crippen LogP contribution < -0.4 is 0 Å². The van der Waals surface area contributed by atoms with Crippen molar-refractivity contribution in [2.75, 3.05) is 0 Å². The van der Waals surface area contributed by atoms with E-state index < -0.39 is 11.4 Å². The normalized spacial score (nSPS) is 13.3. The quantitative estimate of drug-likeness (QED) is 0.720. The smallest absolute Gasteiger partial charge is 0.198 e. The third-order valence-corrected chi connectivity index (χ3v) is 2.51. The summed E-state index contributed by atoms with van der Waals surface area (Å²) in [7, 11) is 0. The maximum atomic E-state index is 12.1. The number of nitriles is 1. The molecule has 1 aromatic carbocycles. The molecule has 1 aromatic rings. The number of rotatable bonds is 2. The van der Waals surface area contributed by atoms with Crippen LogP contribution in [0.25, 0.3) is 0 Å². The zero-order valence-corrected chi connectivity index (χ0v) is 8.69. The highest BCUT2D eigenvalue weighted by Gasteiger charge is 2.29. The van der Waals surface area contributed by atoms with Crippen LogP contribution in [-0.4, -0.2) is 5.51 Å². The molecule has 1 nitrogen and oxygen atoms in total. The van der Waals surface area contributed by atoms with Crippen LogP contribution in [0, 0.1) is 11.3 Å². The SMILES string of the molecule is CC(C#N)c1cccc(SC(F)(F)F)c1. The Balaban J connectivity index is 2.89. The monoisotopic (exact) mass is 231 g/mol. The van der Waals surface area contributed by atoms with Crippen LogP contribution in [0.15, 0.2) is 29.2 Å². The molecule has 0 N–H and O–H groups in total. The number of nitrogens with zero attached hydrogens (tertiary/aromatic N) is 1. The fourth-order valence-corrected chi connectivity index (χ4v) is 1.66. The van der Waals surface area contributed by atoms with E-state index in [0.717, 1.165) is 0 Å². The molecule has 0 radical (unpaired) electrons. The van der Waals surface area contributed by atoms with Crippen LogP contribution in [0.1, 0.15) is 18.4 Å². The molecule has 1 rings (SSSR count). The average molecular weight is 231 g/mol. The molecular weight excluding hydrogens is 223 g/mol. The molecule has 1 unspecified atom stereocenters. The van der Waals surface area contributed by atoms with E-state index in [2.05, 4.69) is 0 Å². The van der Waals surface area contributed by atoms with Crippen LogP contribution in [0.2, 0.25) is 0 Å². The Hall–Kier alpha value is -1.15. The zero-order valence-electron chi connectivity index (χ0n) is 7.88. The molecule has 0 saturated carbocycles. The van der Waals surface area contributed by atoms with Gasteiger partial charge in [0, 0.05) is 4.90 Å². The van der Waals surface area contributed by atoms with Crippen LogP contribution in [0.5, 0.6) is 0 Å². The Morgan fingerprint density at radius 3 is 2.60 bits per heavy atom. The molecular formula is C10H8F3NS. The third-order valence-electron chi connectivity index (χ3n) is 1.79. The number of thioether (sulfide) groups is 1. The molecule has 0 saturated heterocycles. The predicted molar refractivity (Wildman–Crippen MR) is 52.4 cm³/mol. The number of alkyl halides is 3. The summed E-state index contributed by atoms with van der Waals surface area (Å²) < 4.78 is 36.2. The molecule has 0 spiro atoms. The first-order valence-electron chi connectivity index (χ1n) is 4.17. The Kier molecular flexibility index (Phi) is 3.64. The summed E-state index contributed by atoms with van der Waals surface area (Å²) in [6, 6.07) is 7.93. The lowest BCUT2D eigenvalue weighted by Crippen LogP contribution is -1.99. The van der Waals surface area contributed by atoms with Crippen LogP contribution in [0.3, 0.4) is 0 Å². The number of hydrogen-bond acceptors (Lipinski definition) is 2. The highest BCUT2D eigenvalue weighted by atomic mass is 32.2. The van der Waals surface area contributed by atoms with Crippen molar-refractivity contribution in [2.24, 2.45) is 0 Å².